The first kappa shape index (κ1) is 10.3. The van der Waals surface area contributed by atoms with Crippen molar-refractivity contribution < 1.29 is 4.79 Å². The molecule has 2 aromatic rings. The minimum absolute atomic E-state index is 0.198. The average molecular weight is 246 g/mol. The summed E-state index contributed by atoms with van der Waals surface area (Å²) in [7, 11) is 0. The van der Waals surface area contributed by atoms with Gasteiger partial charge in [0.05, 0.1) is 5.56 Å². The molecule has 1 amide bonds. The van der Waals surface area contributed by atoms with Crippen LogP contribution in [0.25, 0.3) is 0 Å². The highest BCUT2D eigenvalue weighted by Gasteiger charge is 2.27. The van der Waals surface area contributed by atoms with Crippen molar-refractivity contribution in [3.63, 3.8) is 0 Å². The van der Waals surface area contributed by atoms with Gasteiger partial charge in [0, 0.05) is 18.3 Å². The third kappa shape index (κ3) is 2.31. The zero-order valence-electron chi connectivity index (χ0n) is 8.96. The number of carbonyl (C=O) groups excluding carboxylic acids is 1. The van der Waals surface area contributed by atoms with Gasteiger partial charge in [-0.1, -0.05) is 11.3 Å². The molecule has 3 rings (SSSR count). The zero-order chi connectivity index (χ0) is 11.7. The predicted octanol–water partition coefficient (Wildman–Crippen LogP) is 2.06. The Morgan fingerprint density at radius 3 is 3.00 bits per heavy atom. The van der Waals surface area contributed by atoms with Crippen LogP contribution in [0, 0.1) is 0 Å². The summed E-state index contributed by atoms with van der Waals surface area (Å²) in [5.74, 6) is 0.369. The number of nitrogens with one attached hydrogen (secondary N) is 1. The molecule has 6 heteroatoms. The topological polar surface area (TPSA) is 67.8 Å². The Morgan fingerprint density at radius 2 is 2.29 bits per heavy atom. The summed E-state index contributed by atoms with van der Waals surface area (Å²) in [4.78, 5) is 15.7. The molecule has 2 aromatic heterocycles. The number of amides is 1. The largest absolute Gasteiger partial charge is 0.296 e. The van der Waals surface area contributed by atoms with Crippen molar-refractivity contribution >= 4 is 22.4 Å². The Kier molecular flexibility index (Phi) is 2.56. The monoisotopic (exact) mass is 246 g/mol. The first-order valence-corrected chi connectivity index (χ1v) is 6.19. The molecule has 0 bridgehead atoms. The van der Waals surface area contributed by atoms with Crippen LogP contribution in [-0.4, -0.2) is 21.1 Å². The predicted molar refractivity (Wildman–Crippen MR) is 64.1 cm³/mol. The van der Waals surface area contributed by atoms with Crippen LogP contribution in [0.2, 0.25) is 0 Å². The molecule has 1 aliphatic rings. The van der Waals surface area contributed by atoms with Crippen LogP contribution >= 0.6 is 11.3 Å². The summed E-state index contributed by atoms with van der Waals surface area (Å²) in [5, 5.41) is 12.3. The normalized spacial score (nSPS) is 14.6. The van der Waals surface area contributed by atoms with E-state index in [1.807, 2.05) is 0 Å². The number of carbonyl (C=O) groups is 1. The fourth-order valence-electron chi connectivity index (χ4n) is 1.45. The van der Waals surface area contributed by atoms with Crippen LogP contribution in [0.15, 0.2) is 24.5 Å². The van der Waals surface area contributed by atoms with Gasteiger partial charge >= 0.3 is 0 Å². The second-order valence-electron chi connectivity index (χ2n) is 3.92. The van der Waals surface area contributed by atoms with Gasteiger partial charge in [-0.15, -0.1) is 10.2 Å². The minimum Gasteiger partial charge on any atom is -0.296 e. The molecule has 0 unspecified atom stereocenters. The highest BCUT2D eigenvalue weighted by atomic mass is 32.1. The van der Waals surface area contributed by atoms with E-state index in [1.54, 1.807) is 18.3 Å². The highest BCUT2D eigenvalue weighted by molar-refractivity contribution is 7.15. The van der Waals surface area contributed by atoms with Crippen molar-refractivity contribution in [1.82, 2.24) is 15.2 Å². The van der Waals surface area contributed by atoms with Gasteiger partial charge in [0.2, 0.25) is 5.13 Å². The number of nitrogens with zero attached hydrogens (tertiary/aromatic N) is 3. The molecule has 1 fully saturated rings. The van der Waals surface area contributed by atoms with Crippen LogP contribution in [0.3, 0.4) is 0 Å². The summed E-state index contributed by atoms with van der Waals surface area (Å²) in [6.45, 7) is 0. The number of anilines is 1. The van der Waals surface area contributed by atoms with Gasteiger partial charge in [-0.05, 0) is 25.0 Å². The number of aromatic nitrogens is 3. The molecule has 86 valence electrons. The number of hydrogen-bond donors (Lipinski definition) is 1. The highest BCUT2D eigenvalue weighted by Crippen LogP contribution is 2.42. The maximum absolute atomic E-state index is 11.8. The van der Waals surface area contributed by atoms with Gasteiger partial charge in [0.25, 0.3) is 5.91 Å². The summed E-state index contributed by atoms with van der Waals surface area (Å²) < 4.78 is 0. The Labute approximate surface area is 102 Å². The van der Waals surface area contributed by atoms with Crippen molar-refractivity contribution in [1.29, 1.82) is 0 Å². The lowest BCUT2D eigenvalue weighted by Gasteiger charge is -1.99. The van der Waals surface area contributed by atoms with E-state index in [0.717, 1.165) is 5.01 Å². The van der Waals surface area contributed by atoms with E-state index in [4.69, 9.17) is 0 Å². The number of pyridine rings is 1. The Hall–Kier alpha value is -1.82. The molecule has 1 N–H and O–H groups in total. The fraction of sp³-hybridized carbons (Fsp3) is 0.273. The second-order valence-corrected chi connectivity index (χ2v) is 4.92. The molecular weight excluding hydrogens is 236 g/mol. The van der Waals surface area contributed by atoms with Crippen molar-refractivity contribution in [2.45, 2.75) is 18.8 Å². The molecule has 5 nitrogen and oxygen atoms in total. The van der Waals surface area contributed by atoms with Crippen molar-refractivity contribution in [3.8, 4) is 0 Å². The second kappa shape index (κ2) is 4.21. The quantitative estimate of drug-likeness (QED) is 0.900. The van der Waals surface area contributed by atoms with Crippen molar-refractivity contribution in [3.05, 3.63) is 35.1 Å². The van der Waals surface area contributed by atoms with E-state index in [2.05, 4.69) is 20.5 Å². The van der Waals surface area contributed by atoms with Gasteiger partial charge < -0.3 is 0 Å². The SMILES string of the molecule is O=C(Nc1nnc(C2CC2)s1)c1cccnc1. The van der Waals surface area contributed by atoms with Gasteiger partial charge in [-0.25, -0.2) is 0 Å². The van der Waals surface area contributed by atoms with Crippen LogP contribution in [0.1, 0.15) is 34.1 Å². The van der Waals surface area contributed by atoms with Crippen molar-refractivity contribution in [2.24, 2.45) is 0 Å². The average Bonchev–Trinajstić information content (AvgIpc) is 3.12. The summed E-state index contributed by atoms with van der Waals surface area (Å²) >= 11 is 1.45. The first-order chi connectivity index (χ1) is 8.33. The molecule has 0 spiro atoms. The standard InChI is InChI=1S/C11H10N4OS/c16-9(8-2-1-5-12-6-8)13-11-15-14-10(17-11)7-3-4-7/h1-2,5-7H,3-4H2,(H,13,15,16). The molecule has 0 saturated heterocycles. The Balaban J connectivity index is 1.71. The zero-order valence-corrected chi connectivity index (χ0v) is 9.78. The van der Waals surface area contributed by atoms with Gasteiger partial charge in [0.1, 0.15) is 5.01 Å². The molecule has 2 heterocycles. The lowest BCUT2D eigenvalue weighted by molar-refractivity contribution is 0.102. The van der Waals surface area contributed by atoms with Crippen LogP contribution in [0.4, 0.5) is 5.13 Å². The summed E-state index contributed by atoms with van der Waals surface area (Å²) in [6.07, 6.45) is 5.53. The van der Waals surface area contributed by atoms with E-state index in [9.17, 15) is 4.79 Å². The lowest BCUT2D eigenvalue weighted by atomic mass is 10.3. The molecule has 1 aliphatic carbocycles. The van der Waals surface area contributed by atoms with E-state index in [-0.39, 0.29) is 5.91 Å². The molecular formula is C11H10N4OS. The molecule has 0 aromatic carbocycles. The molecule has 0 aliphatic heterocycles. The maximum atomic E-state index is 11.8. The van der Waals surface area contributed by atoms with E-state index < -0.39 is 0 Å². The van der Waals surface area contributed by atoms with E-state index in [0.29, 0.717) is 16.6 Å². The smallest absolute Gasteiger partial charge is 0.259 e. The van der Waals surface area contributed by atoms with Gasteiger partial charge in [-0.2, -0.15) is 0 Å². The van der Waals surface area contributed by atoms with Crippen LogP contribution in [-0.2, 0) is 0 Å². The number of hydrogen-bond acceptors (Lipinski definition) is 5. The fourth-order valence-corrected chi connectivity index (χ4v) is 2.35. The summed E-state index contributed by atoms with van der Waals surface area (Å²) in [5.41, 5.74) is 0.524. The maximum Gasteiger partial charge on any atom is 0.259 e. The number of rotatable bonds is 3. The third-order valence-corrected chi connectivity index (χ3v) is 3.51. The van der Waals surface area contributed by atoms with Crippen molar-refractivity contribution in [2.75, 3.05) is 5.32 Å². The van der Waals surface area contributed by atoms with Gasteiger partial charge in [0.15, 0.2) is 0 Å². The third-order valence-electron chi connectivity index (χ3n) is 2.51. The van der Waals surface area contributed by atoms with Crippen LogP contribution in [0.5, 0.6) is 0 Å². The molecule has 1 saturated carbocycles. The van der Waals surface area contributed by atoms with E-state index >= 15 is 0 Å². The molecule has 0 radical (unpaired) electrons. The minimum atomic E-state index is -0.198. The summed E-state index contributed by atoms with van der Waals surface area (Å²) in [6, 6.07) is 3.44. The Bertz CT molecular complexity index is 535. The lowest BCUT2D eigenvalue weighted by Crippen LogP contribution is -2.11. The van der Waals surface area contributed by atoms with E-state index in [1.165, 1.54) is 30.4 Å². The molecule has 0 atom stereocenters. The van der Waals surface area contributed by atoms with Crippen LogP contribution < -0.4 is 5.32 Å². The molecule has 17 heavy (non-hydrogen) atoms. The van der Waals surface area contributed by atoms with Gasteiger partial charge in [-0.3, -0.25) is 15.1 Å². The first-order valence-electron chi connectivity index (χ1n) is 5.38. The Morgan fingerprint density at radius 1 is 1.41 bits per heavy atom.